The zero-order valence-corrected chi connectivity index (χ0v) is 13.1. The predicted molar refractivity (Wildman–Crippen MR) is 88.4 cm³/mol. The molecule has 0 radical (unpaired) electrons. The molecular formula is C15H22N2O3S. The highest BCUT2D eigenvalue weighted by Crippen LogP contribution is 2.24. The van der Waals surface area contributed by atoms with Crippen molar-refractivity contribution in [3.63, 3.8) is 0 Å². The number of aromatic nitrogens is 1. The molecule has 0 aliphatic carbocycles. The quantitative estimate of drug-likeness (QED) is 0.685. The van der Waals surface area contributed by atoms with Gasteiger partial charge < -0.3 is 20.6 Å². The van der Waals surface area contributed by atoms with Crippen LogP contribution in [0.2, 0.25) is 0 Å². The van der Waals surface area contributed by atoms with Gasteiger partial charge in [-0.2, -0.15) is 13.5 Å². The van der Waals surface area contributed by atoms with Crippen molar-refractivity contribution in [1.82, 2.24) is 4.98 Å². The highest BCUT2D eigenvalue weighted by atomic mass is 32.1. The molecular weight excluding hydrogens is 288 g/mol. The number of H-pyrrole nitrogens is 1. The predicted octanol–water partition coefficient (Wildman–Crippen LogP) is 2.41. The normalized spacial score (nSPS) is 11.9. The molecule has 0 amide bonds. The number of nitrogens with one attached hydrogen (secondary N) is 1. The van der Waals surface area contributed by atoms with Gasteiger partial charge >= 0.3 is 5.97 Å². The van der Waals surface area contributed by atoms with E-state index in [2.05, 4.69) is 11.9 Å². The van der Waals surface area contributed by atoms with Gasteiger partial charge in [0.15, 0.2) is 0 Å². The van der Waals surface area contributed by atoms with Gasteiger partial charge in [-0.1, -0.05) is 13.3 Å². The fourth-order valence-electron chi connectivity index (χ4n) is 2.08. The lowest BCUT2D eigenvalue weighted by molar-refractivity contribution is -0.138. The molecule has 1 heterocycles. The second-order valence-electron chi connectivity index (χ2n) is 4.87. The Hall–Kier alpha value is -1.66. The van der Waals surface area contributed by atoms with Crippen molar-refractivity contribution < 1.29 is 14.6 Å². The Labute approximate surface area is 130 Å². The van der Waals surface area contributed by atoms with E-state index in [1.165, 1.54) is 0 Å². The number of nitrogens with two attached hydrogens (primary N) is 1. The number of hydrogen-bond acceptors (Lipinski definition) is 3. The average Bonchev–Trinajstić information content (AvgIpc) is 2.81. The van der Waals surface area contributed by atoms with Crippen LogP contribution in [0, 0.1) is 0 Å². The summed E-state index contributed by atoms with van der Waals surface area (Å²) in [6.07, 6.45) is 4.25. The van der Waals surface area contributed by atoms with Crippen molar-refractivity contribution in [1.29, 1.82) is 0 Å². The first-order valence-corrected chi connectivity index (χ1v) is 6.83. The van der Waals surface area contributed by atoms with Gasteiger partial charge in [0.05, 0.1) is 6.61 Å². The van der Waals surface area contributed by atoms with E-state index in [0.29, 0.717) is 13.0 Å². The molecule has 5 nitrogen and oxygen atoms in total. The Kier molecular flexibility index (Phi) is 6.58. The first-order valence-electron chi connectivity index (χ1n) is 6.83. The lowest BCUT2D eigenvalue weighted by Crippen LogP contribution is -2.32. The summed E-state index contributed by atoms with van der Waals surface area (Å²) in [4.78, 5) is 13.9. The second kappa shape index (κ2) is 7.95. The van der Waals surface area contributed by atoms with Crippen LogP contribution in [0.25, 0.3) is 10.9 Å². The minimum Gasteiger partial charge on any atom is -0.494 e. The zero-order chi connectivity index (χ0) is 14.5. The molecule has 1 aromatic heterocycles. The standard InChI is InChI=1S/C15H20N2O3.H2S/c1-2-3-6-20-11-4-5-12-10(7-13(16)15(18)19)9-17-14(12)8-11;/h4-5,8-9,13,17H,2-3,6-7,16H2,1H3,(H,18,19);1H2/t13-;/m0./s1. The third kappa shape index (κ3) is 4.41. The maximum absolute atomic E-state index is 10.8. The number of unbranched alkanes of at least 4 members (excludes halogenated alkanes) is 1. The topological polar surface area (TPSA) is 88.3 Å². The van der Waals surface area contributed by atoms with Gasteiger partial charge in [0.1, 0.15) is 11.8 Å². The number of fused-ring (bicyclic) bond motifs is 1. The number of benzene rings is 1. The van der Waals surface area contributed by atoms with Gasteiger partial charge in [-0.15, -0.1) is 0 Å². The number of carboxylic acids is 1. The van der Waals surface area contributed by atoms with E-state index in [0.717, 1.165) is 35.1 Å². The molecule has 6 heteroatoms. The van der Waals surface area contributed by atoms with Crippen molar-refractivity contribution in [2.24, 2.45) is 5.73 Å². The molecule has 0 aliphatic rings. The Morgan fingerprint density at radius 3 is 2.90 bits per heavy atom. The van der Waals surface area contributed by atoms with Crippen LogP contribution < -0.4 is 10.5 Å². The molecule has 0 bridgehead atoms. The summed E-state index contributed by atoms with van der Waals surface area (Å²) in [5.41, 5.74) is 7.42. The fraction of sp³-hybridized carbons (Fsp3) is 0.400. The van der Waals surface area contributed by atoms with E-state index < -0.39 is 12.0 Å². The van der Waals surface area contributed by atoms with Crippen molar-refractivity contribution >= 4 is 30.4 Å². The van der Waals surface area contributed by atoms with E-state index in [1.807, 2.05) is 24.4 Å². The lowest BCUT2D eigenvalue weighted by Gasteiger charge is -2.07. The Bertz CT molecular complexity index is 598. The van der Waals surface area contributed by atoms with Crippen molar-refractivity contribution in [3.8, 4) is 5.75 Å². The average molecular weight is 310 g/mol. The molecule has 0 fully saturated rings. The SMILES string of the molecule is CCCCOc1ccc2c(C[C@H](N)C(=O)O)c[nH]c2c1.S. The summed E-state index contributed by atoms with van der Waals surface area (Å²) in [6, 6.07) is 4.90. The van der Waals surface area contributed by atoms with Gasteiger partial charge in [0.25, 0.3) is 0 Å². The number of aliphatic carboxylic acids is 1. The number of carboxylic acid groups (broad SMARTS) is 1. The van der Waals surface area contributed by atoms with Gasteiger partial charge in [-0.3, -0.25) is 4.79 Å². The molecule has 2 aromatic rings. The van der Waals surface area contributed by atoms with E-state index >= 15 is 0 Å². The summed E-state index contributed by atoms with van der Waals surface area (Å²) in [7, 11) is 0. The van der Waals surface area contributed by atoms with E-state index in [-0.39, 0.29) is 13.5 Å². The molecule has 21 heavy (non-hydrogen) atoms. The van der Waals surface area contributed by atoms with Gasteiger partial charge in [-0.05, 0) is 24.1 Å². The third-order valence-corrected chi connectivity index (χ3v) is 3.26. The highest BCUT2D eigenvalue weighted by Gasteiger charge is 2.15. The summed E-state index contributed by atoms with van der Waals surface area (Å²) >= 11 is 0. The molecule has 0 spiro atoms. The molecule has 116 valence electrons. The first kappa shape index (κ1) is 17.4. The van der Waals surface area contributed by atoms with Crippen LogP contribution in [0.15, 0.2) is 24.4 Å². The molecule has 0 saturated carbocycles. The Morgan fingerprint density at radius 1 is 1.48 bits per heavy atom. The summed E-state index contributed by atoms with van der Waals surface area (Å²) in [5.74, 6) is -0.166. The van der Waals surface area contributed by atoms with Crippen LogP contribution in [0.4, 0.5) is 0 Å². The molecule has 0 aliphatic heterocycles. The minimum absolute atomic E-state index is 0. The summed E-state index contributed by atoms with van der Waals surface area (Å²) in [6.45, 7) is 2.83. The van der Waals surface area contributed by atoms with Crippen LogP contribution in [-0.2, 0) is 11.2 Å². The summed E-state index contributed by atoms with van der Waals surface area (Å²) in [5, 5.41) is 9.85. The van der Waals surface area contributed by atoms with Gasteiger partial charge in [0, 0.05) is 29.6 Å². The van der Waals surface area contributed by atoms with Gasteiger partial charge in [0.2, 0.25) is 0 Å². The highest BCUT2D eigenvalue weighted by molar-refractivity contribution is 7.59. The Morgan fingerprint density at radius 2 is 2.24 bits per heavy atom. The maximum Gasteiger partial charge on any atom is 0.320 e. The van der Waals surface area contributed by atoms with Crippen molar-refractivity contribution in [2.75, 3.05) is 6.61 Å². The molecule has 0 unspecified atom stereocenters. The third-order valence-electron chi connectivity index (χ3n) is 3.26. The van der Waals surface area contributed by atoms with Gasteiger partial charge in [-0.25, -0.2) is 0 Å². The number of aromatic amines is 1. The monoisotopic (exact) mass is 310 g/mol. The smallest absolute Gasteiger partial charge is 0.320 e. The molecule has 1 aromatic carbocycles. The maximum atomic E-state index is 10.8. The van der Waals surface area contributed by atoms with E-state index in [9.17, 15) is 4.79 Å². The van der Waals surface area contributed by atoms with Crippen molar-refractivity contribution in [3.05, 3.63) is 30.0 Å². The Balaban J connectivity index is 0.00000220. The van der Waals surface area contributed by atoms with Crippen LogP contribution in [-0.4, -0.2) is 28.7 Å². The number of hydrogen-bond donors (Lipinski definition) is 3. The largest absolute Gasteiger partial charge is 0.494 e. The lowest BCUT2D eigenvalue weighted by atomic mass is 10.1. The summed E-state index contributed by atoms with van der Waals surface area (Å²) < 4.78 is 5.64. The fourth-order valence-corrected chi connectivity index (χ4v) is 2.08. The minimum atomic E-state index is -0.987. The number of carbonyl (C=O) groups is 1. The van der Waals surface area contributed by atoms with E-state index in [4.69, 9.17) is 15.6 Å². The van der Waals surface area contributed by atoms with Crippen molar-refractivity contribution in [2.45, 2.75) is 32.2 Å². The number of ether oxygens (including phenoxy) is 1. The molecule has 1 atom stereocenters. The molecule has 4 N–H and O–H groups in total. The van der Waals surface area contributed by atoms with Crippen LogP contribution in [0.5, 0.6) is 5.75 Å². The van der Waals surface area contributed by atoms with Crippen LogP contribution in [0.3, 0.4) is 0 Å². The van der Waals surface area contributed by atoms with Crippen LogP contribution >= 0.6 is 13.5 Å². The number of rotatable bonds is 7. The van der Waals surface area contributed by atoms with E-state index in [1.54, 1.807) is 0 Å². The molecule has 2 rings (SSSR count). The molecule has 0 saturated heterocycles. The zero-order valence-electron chi connectivity index (χ0n) is 12.1. The first-order chi connectivity index (χ1) is 9.61. The second-order valence-corrected chi connectivity index (χ2v) is 4.87. The van der Waals surface area contributed by atoms with Crippen LogP contribution in [0.1, 0.15) is 25.3 Å².